The molecule has 0 radical (unpaired) electrons. The van der Waals surface area contributed by atoms with Crippen molar-refractivity contribution in [2.75, 3.05) is 0 Å². The molecule has 0 N–H and O–H groups in total. The van der Waals surface area contributed by atoms with Crippen LogP contribution in [0.2, 0.25) is 0 Å². The van der Waals surface area contributed by atoms with Crippen molar-refractivity contribution in [3.63, 3.8) is 0 Å². The first-order chi connectivity index (χ1) is 7.06. The summed E-state index contributed by atoms with van der Waals surface area (Å²) in [6.45, 7) is 4.40. The lowest BCUT2D eigenvalue weighted by atomic mass is 9.77. The quantitative estimate of drug-likeness (QED) is 0.374. The molecule has 1 rings (SSSR count). The van der Waals surface area contributed by atoms with Crippen molar-refractivity contribution in [2.24, 2.45) is 17.3 Å². The van der Waals surface area contributed by atoms with Crippen molar-refractivity contribution in [2.45, 2.75) is 39.4 Å². The minimum atomic E-state index is -0.0637. The average molecular weight is 246 g/mol. The van der Waals surface area contributed by atoms with Crippen LogP contribution in [0.15, 0.2) is 0 Å². The zero-order chi connectivity index (χ0) is 11.5. The Morgan fingerprint density at radius 3 is 2.33 bits per heavy atom. The monoisotopic (exact) mass is 246 g/mol. The zero-order valence-electron chi connectivity index (χ0n) is 10.2. The normalized spacial score (nSPS) is 29.5. The van der Waals surface area contributed by atoms with Gasteiger partial charge in [-0.15, -0.1) is 0 Å². The summed E-state index contributed by atoms with van der Waals surface area (Å²) in [5.74, 6) is 0.818. The van der Waals surface area contributed by atoms with Crippen LogP contribution >= 0.6 is 0 Å². The second kappa shape index (κ2) is 5.38. The number of carbonyl (C=O) groups is 1. The van der Waals surface area contributed by atoms with E-state index in [-0.39, 0.29) is 17.6 Å². The molecule has 0 saturated heterocycles. The van der Waals surface area contributed by atoms with E-state index in [1.165, 1.54) is 0 Å². The zero-order valence-corrected chi connectivity index (χ0v) is 14.2. The molecule has 2 unspecified atom stereocenters. The van der Waals surface area contributed by atoms with Crippen LogP contribution < -0.4 is 0 Å². The van der Waals surface area contributed by atoms with Crippen molar-refractivity contribution >= 4 is 27.3 Å². The Morgan fingerprint density at radius 1 is 1.33 bits per heavy atom. The Bertz CT molecular complexity index is 217. The average Bonchev–Trinajstić information content (AvgIpc) is 2.67. The van der Waals surface area contributed by atoms with Gasteiger partial charge in [-0.25, -0.2) is 0 Å². The number of carbonyl (C=O) groups excluding carboxylic acids is 1. The molecular weight excluding hydrogens is 224 g/mol. The predicted molar refractivity (Wildman–Crippen MR) is 66.5 cm³/mol. The Balaban J connectivity index is 2.65. The summed E-state index contributed by atoms with van der Waals surface area (Å²) in [4.78, 5) is 10.7. The van der Waals surface area contributed by atoms with Crippen LogP contribution in [-0.2, 0) is 13.6 Å². The van der Waals surface area contributed by atoms with E-state index >= 15 is 0 Å². The molecule has 1 aliphatic carbocycles. The van der Waals surface area contributed by atoms with Gasteiger partial charge in [0, 0.05) is 11.3 Å². The molecule has 0 aliphatic heterocycles. The summed E-state index contributed by atoms with van der Waals surface area (Å²) < 4.78 is 11.0. The van der Waals surface area contributed by atoms with Gasteiger partial charge in [0.15, 0.2) is 0 Å². The van der Waals surface area contributed by atoms with E-state index < -0.39 is 0 Å². The number of hydrogen-bond acceptors (Lipinski definition) is 3. The van der Waals surface area contributed by atoms with Crippen molar-refractivity contribution in [1.82, 2.24) is 0 Å². The van der Waals surface area contributed by atoms with Crippen LogP contribution in [0.25, 0.3) is 0 Å². The maximum absolute atomic E-state index is 10.7. The molecule has 0 bridgehead atoms. The molecule has 0 spiro atoms. The van der Waals surface area contributed by atoms with Gasteiger partial charge in [-0.2, -0.15) is 0 Å². The van der Waals surface area contributed by atoms with Gasteiger partial charge in [0.2, 0.25) is 0 Å². The van der Waals surface area contributed by atoms with E-state index in [9.17, 15) is 4.79 Å². The number of hydrogen-bond donors (Lipinski definition) is 0. The van der Waals surface area contributed by atoms with E-state index in [4.69, 9.17) is 8.85 Å². The van der Waals surface area contributed by atoms with E-state index in [1.807, 2.05) is 0 Å². The topological polar surface area (TPSA) is 35.5 Å². The lowest BCUT2D eigenvalue weighted by Gasteiger charge is -2.38. The van der Waals surface area contributed by atoms with E-state index in [0.717, 1.165) is 25.5 Å². The van der Waals surface area contributed by atoms with Gasteiger partial charge in [0.25, 0.3) is 0 Å². The lowest BCUT2D eigenvalue weighted by molar-refractivity contribution is -0.112. The minimum absolute atomic E-state index is 0.0429. The molecule has 2 atom stereocenters. The standard InChI is InChI=1S/C10H22O3Si2/c1-10(2,9(12-14)13-15)8-4-3-7(5-8)6-11/h6-9H,3-5H2,1-2,14-15H3. The van der Waals surface area contributed by atoms with Gasteiger partial charge in [-0.1, -0.05) is 13.8 Å². The van der Waals surface area contributed by atoms with Gasteiger partial charge in [-0.3, -0.25) is 0 Å². The maximum Gasteiger partial charge on any atom is 0.149 e. The Kier molecular flexibility index (Phi) is 4.70. The van der Waals surface area contributed by atoms with Gasteiger partial charge < -0.3 is 13.6 Å². The predicted octanol–water partition coefficient (Wildman–Crippen LogP) is -0.452. The second-order valence-electron chi connectivity index (χ2n) is 5.03. The highest BCUT2D eigenvalue weighted by molar-refractivity contribution is 5.99. The fourth-order valence-electron chi connectivity index (χ4n) is 2.71. The van der Waals surface area contributed by atoms with Gasteiger partial charge in [0.05, 0.1) is 0 Å². The van der Waals surface area contributed by atoms with Crippen molar-refractivity contribution in [1.29, 1.82) is 0 Å². The number of rotatable bonds is 5. The van der Waals surface area contributed by atoms with E-state index in [1.54, 1.807) is 0 Å². The summed E-state index contributed by atoms with van der Waals surface area (Å²) in [5, 5.41) is 0. The molecular formula is C10H22O3Si2. The minimum Gasteiger partial charge on any atom is -0.404 e. The third kappa shape index (κ3) is 2.78. The molecule has 1 saturated carbocycles. The first-order valence-corrected chi connectivity index (χ1v) is 7.20. The third-order valence-electron chi connectivity index (χ3n) is 3.75. The molecule has 0 aromatic heterocycles. The molecule has 0 amide bonds. The van der Waals surface area contributed by atoms with Crippen LogP contribution in [0.5, 0.6) is 0 Å². The lowest BCUT2D eigenvalue weighted by Crippen LogP contribution is -2.39. The third-order valence-corrected chi connectivity index (χ3v) is 4.61. The first-order valence-electron chi connectivity index (χ1n) is 5.57. The molecule has 0 aromatic rings. The summed E-state index contributed by atoms with van der Waals surface area (Å²) in [7, 11) is 1.41. The van der Waals surface area contributed by atoms with Crippen LogP contribution in [0.3, 0.4) is 0 Å². The summed E-state index contributed by atoms with van der Waals surface area (Å²) in [6, 6.07) is 0. The van der Waals surface area contributed by atoms with Crippen LogP contribution in [0.4, 0.5) is 0 Å². The van der Waals surface area contributed by atoms with Crippen molar-refractivity contribution in [3.05, 3.63) is 0 Å². The molecule has 5 heteroatoms. The first kappa shape index (κ1) is 13.1. The van der Waals surface area contributed by atoms with Crippen LogP contribution in [0, 0.1) is 17.3 Å². The highest BCUT2D eigenvalue weighted by Crippen LogP contribution is 2.44. The molecule has 1 fully saturated rings. The molecule has 15 heavy (non-hydrogen) atoms. The molecule has 1 aliphatic rings. The smallest absolute Gasteiger partial charge is 0.149 e. The summed E-state index contributed by atoms with van der Waals surface area (Å²) in [5.41, 5.74) is 0.0429. The fourth-order valence-corrected chi connectivity index (χ4v) is 4.70. The van der Waals surface area contributed by atoms with Crippen LogP contribution in [-0.4, -0.2) is 33.5 Å². The molecule has 3 nitrogen and oxygen atoms in total. The van der Waals surface area contributed by atoms with Crippen LogP contribution in [0.1, 0.15) is 33.1 Å². The summed E-state index contributed by atoms with van der Waals surface area (Å²) in [6.07, 6.45) is 4.21. The fraction of sp³-hybridized carbons (Fsp3) is 0.900. The second-order valence-corrected chi connectivity index (χ2v) is 5.97. The Morgan fingerprint density at radius 2 is 1.93 bits per heavy atom. The highest BCUT2D eigenvalue weighted by atomic mass is 28.2. The highest BCUT2D eigenvalue weighted by Gasteiger charge is 2.41. The van der Waals surface area contributed by atoms with Gasteiger partial charge >= 0.3 is 0 Å². The van der Waals surface area contributed by atoms with Crippen molar-refractivity contribution < 1.29 is 13.6 Å². The molecule has 0 aromatic carbocycles. The van der Waals surface area contributed by atoms with Gasteiger partial charge in [-0.05, 0) is 25.2 Å². The Labute approximate surface area is 98.0 Å². The van der Waals surface area contributed by atoms with E-state index in [2.05, 4.69) is 13.8 Å². The summed E-state index contributed by atoms with van der Waals surface area (Å²) >= 11 is 0. The maximum atomic E-state index is 10.7. The number of aldehydes is 1. The molecule has 0 heterocycles. The molecule has 88 valence electrons. The van der Waals surface area contributed by atoms with Gasteiger partial charge in [0.1, 0.15) is 33.5 Å². The SMILES string of the molecule is CC(C)(C1CCC(C=O)C1)C(O[SiH3])O[SiH3]. The Hall–Kier alpha value is 0.0238. The van der Waals surface area contributed by atoms with Crippen molar-refractivity contribution in [3.8, 4) is 0 Å². The largest absolute Gasteiger partial charge is 0.404 e. The van der Waals surface area contributed by atoms with E-state index in [0.29, 0.717) is 26.9 Å².